The van der Waals surface area contributed by atoms with Crippen molar-refractivity contribution >= 4 is 17.3 Å². The van der Waals surface area contributed by atoms with E-state index in [9.17, 15) is 14.4 Å². The van der Waals surface area contributed by atoms with E-state index in [0.717, 1.165) is 19.3 Å². The Morgan fingerprint density at radius 1 is 1.15 bits per heavy atom. The van der Waals surface area contributed by atoms with Gasteiger partial charge in [0.2, 0.25) is 0 Å². The van der Waals surface area contributed by atoms with Gasteiger partial charge < -0.3 is 15.2 Å². The van der Waals surface area contributed by atoms with Crippen LogP contribution >= 0.6 is 0 Å². The summed E-state index contributed by atoms with van der Waals surface area (Å²) in [6.45, 7) is 0.582. The Labute approximate surface area is 193 Å². The number of nitrogens with one attached hydrogen (secondary N) is 2. The van der Waals surface area contributed by atoms with Gasteiger partial charge in [-0.1, -0.05) is 0 Å². The predicted molar refractivity (Wildman–Crippen MR) is 121 cm³/mol. The Bertz CT molecular complexity index is 1440. The number of carbonyl (C=O) groups excluding carboxylic acids is 2. The third-order valence-electron chi connectivity index (χ3n) is 6.77. The first-order chi connectivity index (χ1) is 16.6. The lowest BCUT2D eigenvalue weighted by Crippen LogP contribution is -2.42. The Morgan fingerprint density at radius 2 is 2.06 bits per heavy atom. The molecule has 3 atom stereocenters. The van der Waals surface area contributed by atoms with Gasteiger partial charge in [-0.2, -0.15) is 10.2 Å². The number of aromatic nitrogens is 6. The van der Waals surface area contributed by atoms with E-state index in [4.69, 9.17) is 0 Å². The molecule has 11 heteroatoms. The van der Waals surface area contributed by atoms with Crippen LogP contribution in [0, 0.1) is 5.92 Å². The highest BCUT2D eigenvalue weighted by Gasteiger charge is 2.43. The topological polar surface area (TPSA) is 130 Å². The van der Waals surface area contributed by atoms with Crippen LogP contribution in [0.1, 0.15) is 40.1 Å². The summed E-state index contributed by atoms with van der Waals surface area (Å²) in [5, 5.41) is 11.5. The minimum absolute atomic E-state index is 0.0325. The van der Waals surface area contributed by atoms with Gasteiger partial charge in [0.1, 0.15) is 5.52 Å². The fraction of sp³-hybridized carbons (Fsp3) is 0.304. The highest BCUT2D eigenvalue weighted by atomic mass is 16.2. The smallest absolute Gasteiger partial charge is 0.273 e. The molecule has 11 nitrogen and oxygen atoms in total. The number of hydrogen-bond acceptors (Lipinski definition) is 6. The van der Waals surface area contributed by atoms with Crippen molar-refractivity contribution in [3.8, 4) is 5.82 Å². The molecule has 2 bridgehead atoms. The van der Waals surface area contributed by atoms with Crippen LogP contribution in [0.2, 0.25) is 0 Å². The van der Waals surface area contributed by atoms with E-state index in [2.05, 4.69) is 25.5 Å². The van der Waals surface area contributed by atoms with E-state index in [0.29, 0.717) is 23.4 Å². The molecule has 0 radical (unpaired) electrons. The second kappa shape index (κ2) is 7.94. The number of aromatic amines is 1. The third kappa shape index (κ3) is 3.45. The van der Waals surface area contributed by atoms with Crippen LogP contribution in [0.25, 0.3) is 11.3 Å². The van der Waals surface area contributed by atoms with Gasteiger partial charge in [-0.3, -0.25) is 14.4 Å². The number of rotatable bonds is 4. The molecule has 6 rings (SSSR count). The SMILES string of the molecule is O=C(NC1CCC2CC1CN2C(=O)c1ccnc(-n2cccn2)c1)c1cc2c(=O)[nH]ccn2n1. The Morgan fingerprint density at radius 3 is 2.88 bits per heavy atom. The highest BCUT2D eigenvalue weighted by molar-refractivity contribution is 5.95. The van der Waals surface area contributed by atoms with Gasteiger partial charge in [0.25, 0.3) is 17.4 Å². The number of nitrogens with zero attached hydrogens (tertiary/aromatic N) is 6. The molecule has 34 heavy (non-hydrogen) atoms. The van der Waals surface area contributed by atoms with E-state index in [-0.39, 0.29) is 41.1 Å². The van der Waals surface area contributed by atoms with Crippen LogP contribution in [0.15, 0.2) is 60.0 Å². The summed E-state index contributed by atoms with van der Waals surface area (Å²) >= 11 is 0. The summed E-state index contributed by atoms with van der Waals surface area (Å²) in [4.78, 5) is 46.9. The van der Waals surface area contributed by atoms with Gasteiger partial charge >= 0.3 is 0 Å². The summed E-state index contributed by atoms with van der Waals surface area (Å²) in [7, 11) is 0. The van der Waals surface area contributed by atoms with Crippen LogP contribution < -0.4 is 10.9 Å². The highest BCUT2D eigenvalue weighted by Crippen LogP contribution is 2.36. The van der Waals surface area contributed by atoms with Crippen molar-refractivity contribution in [1.82, 2.24) is 39.6 Å². The Kier molecular flexibility index (Phi) is 4.75. The van der Waals surface area contributed by atoms with Crippen molar-refractivity contribution in [2.45, 2.75) is 31.3 Å². The largest absolute Gasteiger partial charge is 0.348 e. The van der Waals surface area contributed by atoms with Crippen molar-refractivity contribution < 1.29 is 9.59 Å². The molecule has 5 heterocycles. The first kappa shape index (κ1) is 20.3. The summed E-state index contributed by atoms with van der Waals surface area (Å²) in [6, 6.07) is 6.87. The van der Waals surface area contributed by atoms with E-state index in [1.54, 1.807) is 47.7 Å². The molecule has 4 aromatic heterocycles. The predicted octanol–water partition coefficient (Wildman–Crippen LogP) is 1.03. The van der Waals surface area contributed by atoms with Crippen LogP contribution in [-0.4, -0.2) is 64.7 Å². The van der Waals surface area contributed by atoms with Crippen LogP contribution in [0.5, 0.6) is 0 Å². The Hall–Kier alpha value is -4.28. The van der Waals surface area contributed by atoms with E-state index in [1.165, 1.54) is 16.8 Å². The van der Waals surface area contributed by atoms with E-state index in [1.807, 2.05) is 4.90 Å². The molecule has 2 fully saturated rings. The molecular weight excluding hydrogens is 436 g/mol. The first-order valence-corrected chi connectivity index (χ1v) is 11.2. The molecule has 4 aromatic rings. The maximum Gasteiger partial charge on any atom is 0.273 e. The molecular formula is C23H22N8O3. The molecule has 0 aromatic carbocycles. The number of pyridine rings is 1. The zero-order valence-electron chi connectivity index (χ0n) is 18.2. The molecule has 172 valence electrons. The standard InChI is InChI=1S/C23H22N8O3/c32-21(18-12-19-22(33)25-7-9-30(19)28-18)27-17-3-2-16-10-15(17)13-29(16)23(34)14-4-6-24-20(11-14)31-8-1-5-26-31/h1,4-9,11-12,15-17H,2-3,10,13H2,(H,25,33)(H,27,32). The third-order valence-corrected chi connectivity index (χ3v) is 6.77. The summed E-state index contributed by atoms with van der Waals surface area (Å²) in [5.74, 6) is 0.415. The number of fused-ring (bicyclic) bond motifs is 3. The molecule has 1 aliphatic carbocycles. The fourth-order valence-electron chi connectivity index (χ4n) is 5.10. The monoisotopic (exact) mass is 458 g/mol. The molecule has 0 spiro atoms. The van der Waals surface area contributed by atoms with E-state index >= 15 is 0 Å². The van der Waals surface area contributed by atoms with Crippen molar-refractivity contribution in [3.63, 3.8) is 0 Å². The lowest BCUT2D eigenvalue weighted by molar-refractivity contribution is 0.0732. The second-order valence-electron chi connectivity index (χ2n) is 8.77. The Balaban J connectivity index is 1.16. The molecule has 2 N–H and O–H groups in total. The van der Waals surface area contributed by atoms with Gasteiger partial charge in [-0.15, -0.1) is 0 Å². The molecule has 2 aliphatic rings. The van der Waals surface area contributed by atoms with Gasteiger partial charge in [0.15, 0.2) is 11.5 Å². The lowest BCUT2D eigenvalue weighted by Gasteiger charge is -2.29. The molecule has 3 unspecified atom stereocenters. The second-order valence-corrected chi connectivity index (χ2v) is 8.77. The van der Waals surface area contributed by atoms with Crippen molar-refractivity contribution in [2.24, 2.45) is 5.92 Å². The average molecular weight is 458 g/mol. The van der Waals surface area contributed by atoms with Crippen molar-refractivity contribution in [1.29, 1.82) is 0 Å². The van der Waals surface area contributed by atoms with Crippen molar-refractivity contribution in [2.75, 3.05) is 6.54 Å². The fourth-order valence-corrected chi connectivity index (χ4v) is 5.10. The number of likely N-dealkylation sites (tertiary alicyclic amines) is 1. The maximum absolute atomic E-state index is 13.3. The van der Waals surface area contributed by atoms with E-state index < -0.39 is 0 Å². The zero-order chi connectivity index (χ0) is 23.2. The van der Waals surface area contributed by atoms with Crippen LogP contribution in [0.3, 0.4) is 0 Å². The molecule has 1 saturated carbocycles. The summed E-state index contributed by atoms with van der Waals surface area (Å²) in [6.07, 6.45) is 10.6. The van der Waals surface area contributed by atoms with Crippen LogP contribution in [-0.2, 0) is 0 Å². The van der Waals surface area contributed by atoms with Gasteiger partial charge in [-0.25, -0.2) is 14.2 Å². The first-order valence-electron chi connectivity index (χ1n) is 11.2. The maximum atomic E-state index is 13.3. The van der Waals surface area contributed by atoms with Crippen molar-refractivity contribution in [3.05, 3.63) is 76.9 Å². The summed E-state index contributed by atoms with van der Waals surface area (Å²) < 4.78 is 3.02. The minimum Gasteiger partial charge on any atom is -0.348 e. The molecule has 1 saturated heterocycles. The number of amides is 2. The quantitative estimate of drug-likeness (QED) is 0.470. The minimum atomic E-state index is -0.311. The number of H-pyrrole nitrogens is 1. The number of carbonyl (C=O) groups is 2. The normalized spacial score (nSPS) is 21.6. The van der Waals surface area contributed by atoms with Crippen LogP contribution in [0.4, 0.5) is 0 Å². The number of hydrogen-bond donors (Lipinski definition) is 2. The van der Waals surface area contributed by atoms with Gasteiger partial charge in [0, 0.05) is 61.2 Å². The lowest BCUT2D eigenvalue weighted by atomic mass is 9.85. The van der Waals surface area contributed by atoms with Gasteiger partial charge in [-0.05, 0) is 43.4 Å². The average Bonchev–Trinajstić information content (AvgIpc) is 3.60. The molecule has 2 amide bonds. The summed E-state index contributed by atoms with van der Waals surface area (Å²) in [5.41, 5.74) is 0.795. The molecule has 1 aliphatic heterocycles. The van der Waals surface area contributed by atoms with Gasteiger partial charge in [0.05, 0.1) is 0 Å². The zero-order valence-corrected chi connectivity index (χ0v) is 18.2.